The number of nitrogens with one attached hydrogen (secondary N) is 1. The Bertz CT molecular complexity index is 656. The van der Waals surface area contributed by atoms with E-state index in [-0.39, 0.29) is 17.6 Å². The summed E-state index contributed by atoms with van der Waals surface area (Å²) in [5.41, 5.74) is 1.07. The Morgan fingerprint density at radius 2 is 2.04 bits per heavy atom. The summed E-state index contributed by atoms with van der Waals surface area (Å²) in [5, 5.41) is 3.41. The number of carbonyl (C=O) groups is 2. The van der Waals surface area contributed by atoms with Gasteiger partial charge < -0.3 is 14.6 Å². The third-order valence-electron chi connectivity index (χ3n) is 3.42. The second kappa shape index (κ2) is 8.39. The van der Waals surface area contributed by atoms with Gasteiger partial charge >= 0.3 is 0 Å². The van der Waals surface area contributed by atoms with E-state index in [2.05, 4.69) is 5.32 Å². The fourth-order valence-electron chi connectivity index (χ4n) is 2.18. The number of amides is 2. The molecule has 23 heavy (non-hydrogen) atoms. The van der Waals surface area contributed by atoms with E-state index >= 15 is 0 Å². The monoisotopic (exact) mass is 334 g/mol. The Morgan fingerprint density at radius 1 is 1.22 bits per heavy atom. The Labute approximate surface area is 140 Å². The summed E-state index contributed by atoms with van der Waals surface area (Å²) in [6, 6.07) is 10.8. The van der Waals surface area contributed by atoms with Crippen LogP contribution in [0.25, 0.3) is 0 Å². The number of benzene rings is 1. The molecule has 0 aliphatic heterocycles. The standard InChI is InChI=1S/C17H19ClN2O3/c1-13(21)20(9-7-14-4-2-5-15(18)12-14)10-8-19-17(22)16-6-3-11-23-16/h2-6,11-12H,7-10H2,1H3,(H,19,22). The number of rotatable bonds is 7. The summed E-state index contributed by atoms with van der Waals surface area (Å²) < 4.78 is 5.01. The minimum absolute atomic E-state index is 0.0284. The molecule has 0 spiro atoms. The maximum Gasteiger partial charge on any atom is 0.287 e. The Kier molecular flexibility index (Phi) is 6.23. The van der Waals surface area contributed by atoms with Crippen molar-refractivity contribution in [3.8, 4) is 0 Å². The largest absolute Gasteiger partial charge is 0.459 e. The zero-order valence-electron chi connectivity index (χ0n) is 12.9. The van der Waals surface area contributed by atoms with E-state index in [1.54, 1.807) is 17.0 Å². The van der Waals surface area contributed by atoms with Gasteiger partial charge in [-0.2, -0.15) is 0 Å². The van der Waals surface area contributed by atoms with Crippen LogP contribution in [-0.2, 0) is 11.2 Å². The maximum atomic E-state index is 11.8. The molecule has 0 saturated heterocycles. The van der Waals surface area contributed by atoms with Crippen LogP contribution in [0.4, 0.5) is 0 Å². The SMILES string of the molecule is CC(=O)N(CCNC(=O)c1ccco1)CCc1cccc(Cl)c1. The van der Waals surface area contributed by atoms with Crippen LogP contribution >= 0.6 is 11.6 Å². The number of hydrogen-bond acceptors (Lipinski definition) is 3. The Balaban J connectivity index is 1.79. The van der Waals surface area contributed by atoms with Gasteiger partial charge in [-0.3, -0.25) is 9.59 Å². The number of carbonyl (C=O) groups excluding carboxylic acids is 2. The Morgan fingerprint density at radius 3 is 2.70 bits per heavy atom. The number of furan rings is 1. The molecule has 2 aromatic rings. The summed E-state index contributed by atoms with van der Waals surface area (Å²) >= 11 is 5.95. The summed E-state index contributed by atoms with van der Waals surface area (Å²) in [7, 11) is 0. The normalized spacial score (nSPS) is 10.3. The van der Waals surface area contributed by atoms with Crippen molar-refractivity contribution < 1.29 is 14.0 Å². The van der Waals surface area contributed by atoms with E-state index in [4.69, 9.17) is 16.0 Å². The summed E-state index contributed by atoms with van der Waals surface area (Å²) in [6.45, 7) is 2.91. The lowest BCUT2D eigenvalue weighted by Crippen LogP contribution is -2.38. The molecule has 1 aromatic heterocycles. The lowest BCUT2D eigenvalue weighted by atomic mass is 10.1. The molecule has 6 heteroatoms. The maximum absolute atomic E-state index is 11.8. The van der Waals surface area contributed by atoms with E-state index in [9.17, 15) is 9.59 Å². The minimum Gasteiger partial charge on any atom is -0.459 e. The predicted molar refractivity (Wildman–Crippen MR) is 88.5 cm³/mol. The Hall–Kier alpha value is -2.27. The predicted octanol–water partition coefficient (Wildman–Crippen LogP) is 2.75. The van der Waals surface area contributed by atoms with E-state index in [0.717, 1.165) is 5.56 Å². The molecule has 0 bridgehead atoms. The van der Waals surface area contributed by atoms with Crippen molar-refractivity contribution in [2.45, 2.75) is 13.3 Å². The first kappa shape index (κ1) is 17.1. The van der Waals surface area contributed by atoms with Crippen LogP contribution in [0.5, 0.6) is 0 Å². The summed E-state index contributed by atoms with van der Waals surface area (Å²) in [4.78, 5) is 25.2. The first-order valence-corrected chi connectivity index (χ1v) is 7.75. The summed E-state index contributed by atoms with van der Waals surface area (Å²) in [5.74, 6) is -0.0501. The van der Waals surface area contributed by atoms with Crippen LogP contribution in [0.1, 0.15) is 23.0 Å². The van der Waals surface area contributed by atoms with E-state index in [1.807, 2.05) is 24.3 Å². The van der Waals surface area contributed by atoms with Crippen molar-refractivity contribution in [2.75, 3.05) is 19.6 Å². The molecule has 1 heterocycles. The molecule has 2 rings (SSSR count). The molecule has 0 saturated carbocycles. The number of hydrogen-bond donors (Lipinski definition) is 1. The zero-order valence-corrected chi connectivity index (χ0v) is 13.7. The van der Waals surface area contributed by atoms with Crippen LogP contribution in [0.15, 0.2) is 47.1 Å². The lowest BCUT2D eigenvalue weighted by molar-refractivity contribution is -0.128. The van der Waals surface area contributed by atoms with Gasteiger partial charge in [0.25, 0.3) is 5.91 Å². The van der Waals surface area contributed by atoms with Crippen molar-refractivity contribution in [1.82, 2.24) is 10.2 Å². The average Bonchev–Trinajstić information content (AvgIpc) is 3.04. The van der Waals surface area contributed by atoms with E-state index in [1.165, 1.54) is 13.2 Å². The molecule has 0 atom stereocenters. The highest BCUT2D eigenvalue weighted by Crippen LogP contribution is 2.11. The quantitative estimate of drug-likeness (QED) is 0.847. The first-order valence-electron chi connectivity index (χ1n) is 7.38. The van der Waals surface area contributed by atoms with Gasteiger partial charge in [0.05, 0.1) is 6.26 Å². The van der Waals surface area contributed by atoms with Gasteiger partial charge in [0, 0.05) is 31.6 Å². The summed E-state index contributed by atoms with van der Waals surface area (Å²) in [6.07, 6.45) is 2.16. The molecular weight excluding hydrogens is 316 g/mol. The van der Waals surface area contributed by atoms with E-state index < -0.39 is 0 Å². The number of halogens is 1. The molecule has 1 aromatic carbocycles. The molecule has 0 aliphatic carbocycles. The highest BCUT2D eigenvalue weighted by molar-refractivity contribution is 6.30. The molecular formula is C17H19ClN2O3. The van der Waals surface area contributed by atoms with E-state index in [0.29, 0.717) is 31.1 Å². The fourth-order valence-corrected chi connectivity index (χ4v) is 2.40. The third-order valence-corrected chi connectivity index (χ3v) is 3.65. The molecule has 122 valence electrons. The molecule has 0 radical (unpaired) electrons. The minimum atomic E-state index is -0.284. The second-order valence-electron chi connectivity index (χ2n) is 5.12. The molecule has 2 amide bonds. The van der Waals surface area contributed by atoms with Crippen molar-refractivity contribution >= 4 is 23.4 Å². The topological polar surface area (TPSA) is 62.6 Å². The van der Waals surface area contributed by atoms with Crippen molar-refractivity contribution in [1.29, 1.82) is 0 Å². The van der Waals surface area contributed by atoms with Crippen LogP contribution in [0.3, 0.4) is 0 Å². The first-order chi connectivity index (χ1) is 11.1. The van der Waals surface area contributed by atoms with Gasteiger partial charge in [0.1, 0.15) is 0 Å². The van der Waals surface area contributed by atoms with Crippen LogP contribution in [0, 0.1) is 0 Å². The highest BCUT2D eigenvalue weighted by atomic mass is 35.5. The molecule has 0 aliphatic rings. The lowest BCUT2D eigenvalue weighted by Gasteiger charge is -2.21. The fraction of sp³-hybridized carbons (Fsp3) is 0.294. The van der Waals surface area contributed by atoms with Crippen LogP contribution in [0.2, 0.25) is 5.02 Å². The third kappa shape index (κ3) is 5.45. The molecule has 1 N–H and O–H groups in total. The van der Waals surface area contributed by atoms with Gasteiger partial charge in [0.15, 0.2) is 5.76 Å². The van der Waals surface area contributed by atoms with Gasteiger partial charge in [-0.05, 0) is 36.2 Å². The van der Waals surface area contributed by atoms with Crippen molar-refractivity contribution in [2.24, 2.45) is 0 Å². The van der Waals surface area contributed by atoms with Crippen molar-refractivity contribution in [3.05, 3.63) is 59.0 Å². The van der Waals surface area contributed by atoms with Crippen LogP contribution < -0.4 is 5.32 Å². The number of nitrogens with zero attached hydrogens (tertiary/aromatic N) is 1. The zero-order chi connectivity index (χ0) is 16.7. The molecule has 5 nitrogen and oxygen atoms in total. The van der Waals surface area contributed by atoms with Crippen molar-refractivity contribution in [3.63, 3.8) is 0 Å². The highest BCUT2D eigenvalue weighted by Gasteiger charge is 2.11. The average molecular weight is 335 g/mol. The van der Waals surface area contributed by atoms with Gasteiger partial charge in [-0.25, -0.2) is 0 Å². The van der Waals surface area contributed by atoms with Gasteiger partial charge in [-0.1, -0.05) is 23.7 Å². The molecule has 0 unspecified atom stereocenters. The second-order valence-corrected chi connectivity index (χ2v) is 5.56. The van der Waals surface area contributed by atoms with Gasteiger partial charge in [0.2, 0.25) is 5.91 Å². The van der Waals surface area contributed by atoms with Crippen LogP contribution in [-0.4, -0.2) is 36.3 Å². The van der Waals surface area contributed by atoms with Gasteiger partial charge in [-0.15, -0.1) is 0 Å². The smallest absolute Gasteiger partial charge is 0.287 e. The molecule has 0 fully saturated rings.